The molecule has 142 valence electrons. The third kappa shape index (κ3) is 4.40. The van der Waals surface area contributed by atoms with Crippen LogP contribution in [0.25, 0.3) is 0 Å². The highest BCUT2D eigenvalue weighted by Gasteiger charge is 2.09. The van der Waals surface area contributed by atoms with Crippen LogP contribution in [0.15, 0.2) is 69.0 Å². The molecule has 0 aliphatic carbocycles. The molecule has 0 spiro atoms. The normalized spacial score (nSPS) is 11.6. The van der Waals surface area contributed by atoms with E-state index >= 15 is 0 Å². The number of nitrogens with zero attached hydrogens (tertiary/aromatic N) is 4. The Labute approximate surface area is 163 Å². The average molecular weight is 374 g/mol. The van der Waals surface area contributed by atoms with Crippen molar-refractivity contribution in [3.63, 3.8) is 0 Å². The smallest absolute Gasteiger partial charge is 0.146 e. The Kier molecular flexibility index (Phi) is 5.49. The van der Waals surface area contributed by atoms with E-state index in [0.29, 0.717) is 11.4 Å². The van der Waals surface area contributed by atoms with Gasteiger partial charge in [0.05, 0.1) is 11.4 Å². The first kappa shape index (κ1) is 19.2. The fourth-order valence-corrected chi connectivity index (χ4v) is 2.64. The van der Waals surface area contributed by atoms with Gasteiger partial charge in [-0.05, 0) is 62.6 Å². The van der Waals surface area contributed by atoms with Crippen molar-refractivity contribution >= 4 is 22.7 Å². The van der Waals surface area contributed by atoms with Gasteiger partial charge >= 0.3 is 0 Å². The van der Waals surface area contributed by atoms with Crippen molar-refractivity contribution in [1.82, 2.24) is 0 Å². The molecular weight excluding hydrogens is 352 g/mol. The summed E-state index contributed by atoms with van der Waals surface area (Å²) in [6.45, 7) is 7.97. The largest absolute Gasteiger partial charge is 0.505 e. The van der Waals surface area contributed by atoms with Gasteiger partial charge in [0, 0.05) is 12.1 Å². The second-order valence-corrected chi connectivity index (χ2v) is 6.79. The summed E-state index contributed by atoms with van der Waals surface area (Å²) < 4.78 is 0. The van der Waals surface area contributed by atoms with Gasteiger partial charge in [-0.1, -0.05) is 23.8 Å². The molecule has 0 aliphatic rings. The molecule has 0 amide bonds. The maximum atomic E-state index is 10.1. The van der Waals surface area contributed by atoms with Crippen molar-refractivity contribution in [3.8, 4) is 11.5 Å². The second kappa shape index (κ2) is 8.00. The number of rotatable bonds is 4. The third-order valence-corrected chi connectivity index (χ3v) is 4.45. The van der Waals surface area contributed by atoms with Gasteiger partial charge in [-0.2, -0.15) is 10.2 Å². The minimum absolute atomic E-state index is 0.184. The Morgan fingerprint density at radius 1 is 0.536 bits per heavy atom. The number of azo groups is 2. The van der Waals surface area contributed by atoms with E-state index in [4.69, 9.17) is 0 Å². The molecule has 6 heteroatoms. The summed E-state index contributed by atoms with van der Waals surface area (Å²) in [6.07, 6.45) is 0. The van der Waals surface area contributed by atoms with E-state index in [2.05, 4.69) is 20.5 Å². The summed E-state index contributed by atoms with van der Waals surface area (Å²) in [4.78, 5) is 0. The maximum Gasteiger partial charge on any atom is 0.146 e. The zero-order valence-electron chi connectivity index (χ0n) is 16.3. The minimum Gasteiger partial charge on any atom is -0.505 e. The summed E-state index contributed by atoms with van der Waals surface area (Å²) in [6, 6.07) is 14.2. The number of hydrogen-bond donors (Lipinski definition) is 2. The van der Waals surface area contributed by atoms with Gasteiger partial charge < -0.3 is 10.2 Å². The summed E-state index contributed by atoms with van der Waals surface area (Å²) in [5, 5.41) is 36.7. The molecule has 0 aliphatic heterocycles. The predicted molar refractivity (Wildman–Crippen MR) is 110 cm³/mol. The Morgan fingerprint density at radius 3 is 1.82 bits per heavy atom. The maximum absolute atomic E-state index is 10.1. The number of phenols is 2. The zero-order valence-corrected chi connectivity index (χ0v) is 16.3. The van der Waals surface area contributed by atoms with Crippen LogP contribution in [0.2, 0.25) is 0 Å². The molecule has 0 fully saturated rings. The molecule has 0 atom stereocenters. The topological polar surface area (TPSA) is 89.9 Å². The summed E-state index contributed by atoms with van der Waals surface area (Å²) in [5.41, 5.74) is 6.17. The third-order valence-electron chi connectivity index (χ3n) is 4.45. The van der Waals surface area contributed by atoms with Crippen LogP contribution in [-0.4, -0.2) is 10.2 Å². The van der Waals surface area contributed by atoms with Crippen molar-refractivity contribution in [3.05, 3.63) is 70.8 Å². The molecule has 0 saturated heterocycles. The first-order chi connectivity index (χ1) is 13.3. The highest BCUT2D eigenvalue weighted by atomic mass is 16.3. The van der Waals surface area contributed by atoms with Crippen LogP contribution in [0.5, 0.6) is 11.5 Å². The van der Waals surface area contributed by atoms with Crippen molar-refractivity contribution < 1.29 is 10.2 Å². The molecular formula is C22H22N4O2. The van der Waals surface area contributed by atoms with Gasteiger partial charge in [-0.25, -0.2) is 0 Å². The van der Waals surface area contributed by atoms with Crippen LogP contribution >= 0.6 is 0 Å². The van der Waals surface area contributed by atoms with Gasteiger partial charge in [-0.3, -0.25) is 0 Å². The molecule has 6 nitrogen and oxygen atoms in total. The van der Waals surface area contributed by atoms with E-state index < -0.39 is 0 Å². The molecule has 0 saturated carbocycles. The summed E-state index contributed by atoms with van der Waals surface area (Å²) in [5.74, 6) is -0.369. The molecule has 3 aromatic rings. The molecule has 2 N–H and O–H groups in total. The van der Waals surface area contributed by atoms with E-state index in [9.17, 15) is 10.2 Å². The number of aryl methyl sites for hydroxylation is 4. The first-order valence-electron chi connectivity index (χ1n) is 8.87. The van der Waals surface area contributed by atoms with Crippen molar-refractivity contribution in [1.29, 1.82) is 0 Å². The lowest BCUT2D eigenvalue weighted by Gasteiger charge is -2.04. The highest BCUT2D eigenvalue weighted by Crippen LogP contribution is 2.40. The van der Waals surface area contributed by atoms with E-state index in [1.807, 2.05) is 64.1 Å². The van der Waals surface area contributed by atoms with Gasteiger partial charge in [0.25, 0.3) is 0 Å². The van der Waals surface area contributed by atoms with Crippen molar-refractivity contribution in [2.24, 2.45) is 20.5 Å². The molecule has 3 rings (SSSR count). The quantitative estimate of drug-likeness (QED) is 0.474. The lowest BCUT2D eigenvalue weighted by atomic mass is 10.1. The van der Waals surface area contributed by atoms with Crippen molar-refractivity contribution in [2.45, 2.75) is 27.7 Å². The van der Waals surface area contributed by atoms with Crippen LogP contribution in [0, 0.1) is 27.7 Å². The molecule has 0 bridgehead atoms. The van der Waals surface area contributed by atoms with Gasteiger partial charge in [0.2, 0.25) is 0 Å². The van der Waals surface area contributed by atoms with Crippen LogP contribution in [-0.2, 0) is 0 Å². The molecule has 3 aromatic carbocycles. The van der Waals surface area contributed by atoms with Gasteiger partial charge in [0.15, 0.2) is 0 Å². The molecule has 0 unspecified atom stereocenters. The standard InChI is InChI=1S/C22H22N4O2/c1-13-5-8-18(16(4)9-13)24-26-20-11-19(21(27)12-22(20)28)25-23-17-7-6-14(2)15(3)10-17/h5-12,27-28H,1-4H3. The lowest BCUT2D eigenvalue weighted by Crippen LogP contribution is -1.78. The summed E-state index contributed by atoms with van der Waals surface area (Å²) in [7, 11) is 0. The van der Waals surface area contributed by atoms with Crippen LogP contribution in [0.1, 0.15) is 22.3 Å². The Bertz CT molecular complexity index is 1090. The lowest BCUT2D eigenvalue weighted by molar-refractivity contribution is 0.452. The van der Waals surface area contributed by atoms with Crippen molar-refractivity contribution in [2.75, 3.05) is 0 Å². The number of aromatic hydroxyl groups is 2. The van der Waals surface area contributed by atoms with Crippen LogP contribution in [0.3, 0.4) is 0 Å². The van der Waals surface area contributed by atoms with Crippen LogP contribution < -0.4 is 0 Å². The summed E-state index contributed by atoms with van der Waals surface area (Å²) >= 11 is 0. The molecule has 0 radical (unpaired) electrons. The minimum atomic E-state index is -0.185. The number of hydrogen-bond acceptors (Lipinski definition) is 6. The Hall–Kier alpha value is -3.54. The SMILES string of the molecule is Cc1ccc(N=Nc2cc(N=Nc3ccc(C)c(C)c3)c(O)cc2O)c(C)c1. The van der Waals surface area contributed by atoms with E-state index in [1.165, 1.54) is 17.7 Å². The van der Waals surface area contributed by atoms with Gasteiger partial charge in [-0.15, -0.1) is 10.2 Å². The first-order valence-corrected chi connectivity index (χ1v) is 8.87. The van der Waals surface area contributed by atoms with E-state index in [1.54, 1.807) is 0 Å². The molecule has 0 heterocycles. The zero-order chi connectivity index (χ0) is 20.3. The fraction of sp³-hybridized carbons (Fsp3) is 0.182. The van der Waals surface area contributed by atoms with E-state index in [0.717, 1.165) is 16.7 Å². The highest BCUT2D eigenvalue weighted by molar-refractivity contribution is 5.66. The molecule has 28 heavy (non-hydrogen) atoms. The number of phenolic OH excluding ortho intramolecular Hbond substituents is 2. The Morgan fingerprint density at radius 2 is 1.18 bits per heavy atom. The predicted octanol–water partition coefficient (Wildman–Crippen LogP) is 7.16. The fourth-order valence-electron chi connectivity index (χ4n) is 2.64. The van der Waals surface area contributed by atoms with Crippen LogP contribution in [0.4, 0.5) is 22.7 Å². The Balaban J connectivity index is 1.90. The second-order valence-electron chi connectivity index (χ2n) is 6.79. The average Bonchev–Trinajstić information content (AvgIpc) is 2.64. The van der Waals surface area contributed by atoms with Gasteiger partial charge in [0.1, 0.15) is 22.9 Å². The number of benzene rings is 3. The van der Waals surface area contributed by atoms with E-state index in [-0.39, 0.29) is 22.9 Å². The molecule has 0 aromatic heterocycles. The monoisotopic (exact) mass is 374 g/mol.